The van der Waals surface area contributed by atoms with E-state index in [-0.39, 0.29) is 17.5 Å². The molecule has 0 aromatic carbocycles. The van der Waals surface area contributed by atoms with E-state index in [9.17, 15) is 9.59 Å². The Bertz CT molecular complexity index is 1060. The third-order valence-electron chi connectivity index (χ3n) is 5.39. The number of hydrogen-bond donors (Lipinski definition) is 1. The summed E-state index contributed by atoms with van der Waals surface area (Å²) in [6, 6.07) is 3.35. The van der Waals surface area contributed by atoms with Gasteiger partial charge in [0.15, 0.2) is 5.65 Å². The Labute approximate surface area is 156 Å². The summed E-state index contributed by atoms with van der Waals surface area (Å²) >= 11 is 0. The monoisotopic (exact) mass is 368 g/mol. The molecule has 27 heavy (non-hydrogen) atoms. The van der Waals surface area contributed by atoms with Crippen LogP contribution < -0.4 is 5.56 Å². The summed E-state index contributed by atoms with van der Waals surface area (Å²) in [4.78, 5) is 31.8. The van der Waals surface area contributed by atoms with Crippen LogP contribution in [-0.2, 0) is 13.0 Å². The van der Waals surface area contributed by atoms with Gasteiger partial charge in [0.1, 0.15) is 0 Å². The Balaban J connectivity index is 1.70. The predicted octanol–water partition coefficient (Wildman–Crippen LogP) is 2.09. The average molecular weight is 368 g/mol. The molecule has 0 spiro atoms. The average Bonchev–Trinajstić information content (AvgIpc) is 3.38. The Morgan fingerprint density at radius 2 is 2.15 bits per heavy atom. The van der Waals surface area contributed by atoms with Crippen molar-refractivity contribution in [1.29, 1.82) is 0 Å². The quantitative estimate of drug-likeness (QED) is 0.764. The zero-order chi connectivity index (χ0) is 19.1. The first kappa shape index (κ1) is 17.5. The number of likely N-dealkylation sites (tertiary alicyclic amines) is 1. The van der Waals surface area contributed by atoms with Crippen molar-refractivity contribution in [3.63, 3.8) is 0 Å². The number of aryl methyl sites for hydroxylation is 2. The van der Waals surface area contributed by atoms with Crippen LogP contribution in [0.5, 0.6) is 0 Å². The lowest BCUT2D eigenvalue weighted by Crippen LogP contribution is -2.31. The summed E-state index contributed by atoms with van der Waals surface area (Å²) < 4.78 is 3.28. The fraction of sp³-hybridized carbons (Fsp3) is 0.474. The summed E-state index contributed by atoms with van der Waals surface area (Å²) in [5.74, 6) is -0.0112. The van der Waals surface area contributed by atoms with Gasteiger partial charge in [-0.1, -0.05) is 6.92 Å². The van der Waals surface area contributed by atoms with Gasteiger partial charge in [-0.3, -0.25) is 19.4 Å². The number of hydrogen-bond acceptors (Lipinski definition) is 4. The highest BCUT2D eigenvalue weighted by Crippen LogP contribution is 2.33. The molecule has 8 heteroatoms. The first-order valence-corrected chi connectivity index (χ1v) is 9.48. The number of amides is 1. The molecule has 0 aliphatic carbocycles. The lowest BCUT2D eigenvalue weighted by atomic mass is 10.1. The van der Waals surface area contributed by atoms with Gasteiger partial charge in [-0.05, 0) is 33.1 Å². The lowest BCUT2D eigenvalue weighted by molar-refractivity contribution is 0.0732. The van der Waals surface area contributed by atoms with E-state index in [4.69, 9.17) is 0 Å². The lowest BCUT2D eigenvalue weighted by Gasteiger charge is -2.23. The van der Waals surface area contributed by atoms with Crippen molar-refractivity contribution in [3.8, 4) is 0 Å². The predicted molar refractivity (Wildman–Crippen MR) is 101 cm³/mol. The Morgan fingerprint density at radius 1 is 1.33 bits per heavy atom. The molecule has 1 aliphatic rings. The second kappa shape index (κ2) is 6.68. The molecule has 0 saturated carbocycles. The van der Waals surface area contributed by atoms with Gasteiger partial charge in [0.05, 0.1) is 23.5 Å². The van der Waals surface area contributed by atoms with E-state index in [0.717, 1.165) is 36.5 Å². The number of rotatable bonds is 4. The van der Waals surface area contributed by atoms with E-state index in [1.165, 1.54) is 4.52 Å². The van der Waals surface area contributed by atoms with Crippen LogP contribution in [0.25, 0.3) is 5.65 Å². The number of fused-ring (bicyclic) bond motifs is 1. The van der Waals surface area contributed by atoms with Crippen molar-refractivity contribution in [1.82, 2.24) is 29.3 Å². The van der Waals surface area contributed by atoms with E-state index in [2.05, 4.69) is 15.2 Å². The van der Waals surface area contributed by atoms with E-state index in [0.29, 0.717) is 24.2 Å². The maximum absolute atomic E-state index is 13.1. The molecule has 1 aliphatic heterocycles. The van der Waals surface area contributed by atoms with Gasteiger partial charge < -0.3 is 4.90 Å². The van der Waals surface area contributed by atoms with Gasteiger partial charge in [0.25, 0.3) is 11.5 Å². The maximum Gasteiger partial charge on any atom is 0.272 e. The number of nitrogens with one attached hydrogen (secondary N) is 1. The molecule has 8 nitrogen and oxygen atoms in total. The van der Waals surface area contributed by atoms with Crippen LogP contribution >= 0.6 is 0 Å². The van der Waals surface area contributed by atoms with Crippen molar-refractivity contribution in [2.75, 3.05) is 6.54 Å². The van der Waals surface area contributed by atoms with Crippen molar-refractivity contribution in [2.45, 2.75) is 52.6 Å². The van der Waals surface area contributed by atoms with E-state index in [1.807, 2.05) is 36.4 Å². The summed E-state index contributed by atoms with van der Waals surface area (Å²) in [6.07, 6.45) is 4.15. The number of aromatic nitrogens is 5. The zero-order valence-corrected chi connectivity index (χ0v) is 15.9. The number of nitrogens with zero attached hydrogens (tertiary/aromatic N) is 5. The normalized spacial score (nSPS) is 17.1. The molecule has 4 heterocycles. The van der Waals surface area contributed by atoms with Crippen LogP contribution in [0.1, 0.15) is 60.2 Å². The molecule has 0 unspecified atom stereocenters. The maximum atomic E-state index is 13.1. The van der Waals surface area contributed by atoms with Gasteiger partial charge in [0.2, 0.25) is 0 Å². The molecule has 4 rings (SSSR count). The van der Waals surface area contributed by atoms with Crippen LogP contribution in [0.4, 0.5) is 0 Å². The third kappa shape index (κ3) is 2.85. The molecular weight excluding hydrogens is 344 g/mol. The molecule has 142 valence electrons. The summed E-state index contributed by atoms with van der Waals surface area (Å²) in [5, 5.41) is 7.45. The van der Waals surface area contributed by atoms with E-state index in [1.54, 1.807) is 12.3 Å². The van der Waals surface area contributed by atoms with Crippen molar-refractivity contribution < 1.29 is 4.79 Å². The summed E-state index contributed by atoms with van der Waals surface area (Å²) in [5.41, 5.74) is 3.62. The van der Waals surface area contributed by atoms with Gasteiger partial charge in [-0.15, -0.1) is 0 Å². The third-order valence-corrected chi connectivity index (χ3v) is 5.39. The van der Waals surface area contributed by atoms with E-state index >= 15 is 0 Å². The number of carbonyl (C=O) groups excluding carboxylic acids is 1. The van der Waals surface area contributed by atoms with Gasteiger partial charge in [-0.2, -0.15) is 5.10 Å². The largest absolute Gasteiger partial charge is 0.330 e. The second-order valence-corrected chi connectivity index (χ2v) is 6.96. The standard InChI is InChI=1S/C19H24N6O2/c1-4-13-9-18(26)25-17(21-13)10-15(22-25)16-7-6-8-23(16)19(27)14-11-20-24(5-2)12(14)3/h9-11,16,22H,4-8H2,1-3H3/t16-/m1/s1. The molecule has 3 aromatic rings. The van der Waals surface area contributed by atoms with Gasteiger partial charge in [0, 0.05) is 36.6 Å². The Kier molecular flexibility index (Phi) is 4.33. The van der Waals surface area contributed by atoms with Crippen molar-refractivity contribution >= 4 is 11.6 Å². The summed E-state index contributed by atoms with van der Waals surface area (Å²) in [6.45, 7) is 7.33. The van der Waals surface area contributed by atoms with Crippen molar-refractivity contribution in [3.05, 3.63) is 51.3 Å². The molecular formula is C19H24N6O2. The SMILES string of the molecule is CCc1cc(=O)n2[nH]c([C@H]3CCCN3C(=O)c3cnn(CC)c3C)cc2n1. The molecule has 3 aromatic heterocycles. The smallest absolute Gasteiger partial charge is 0.272 e. The minimum atomic E-state index is -0.126. The molecule has 0 bridgehead atoms. The van der Waals surface area contributed by atoms with Crippen LogP contribution in [0.2, 0.25) is 0 Å². The Morgan fingerprint density at radius 3 is 2.85 bits per heavy atom. The molecule has 0 radical (unpaired) electrons. The van der Waals surface area contributed by atoms with Crippen LogP contribution in [0.3, 0.4) is 0 Å². The zero-order valence-electron chi connectivity index (χ0n) is 15.9. The molecule has 1 saturated heterocycles. The van der Waals surface area contributed by atoms with Crippen molar-refractivity contribution in [2.24, 2.45) is 0 Å². The van der Waals surface area contributed by atoms with Crippen LogP contribution in [0.15, 0.2) is 23.1 Å². The molecule has 1 amide bonds. The van der Waals surface area contributed by atoms with Gasteiger partial charge >= 0.3 is 0 Å². The van der Waals surface area contributed by atoms with Crippen LogP contribution in [-0.4, -0.2) is 41.7 Å². The molecule has 1 N–H and O–H groups in total. The highest BCUT2D eigenvalue weighted by atomic mass is 16.2. The number of carbonyl (C=O) groups is 1. The highest BCUT2D eigenvalue weighted by Gasteiger charge is 2.33. The minimum absolute atomic E-state index is 0.0112. The fourth-order valence-electron chi connectivity index (χ4n) is 3.87. The molecule has 1 fully saturated rings. The topological polar surface area (TPSA) is 88.3 Å². The van der Waals surface area contributed by atoms with Crippen LogP contribution in [0, 0.1) is 6.92 Å². The minimum Gasteiger partial charge on any atom is -0.330 e. The Hall–Kier alpha value is -2.90. The van der Waals surface area contributed by atoms with Gasteiger partial charge in [-0.25, -0.2) is 9.50 Å². The number of H-pyrrole nitrogens is 1. The second-order valence-electron chi connectivity index (χ2n) is 6.96. The fourth-order valence-corrected chi connectivity index (χ4v) is 3.87. The highest BCUT2D eigenvalue weighted by molar-refractivity contribution is 5.95. The first-order chi connectivity index (χ1) is 13.0. The first-order valence-electron chi connectivity index (χ1n) is 9.48. The molecule has 1 atom stereocenters. The van der Waals surface area contributed by atoms with E-state index < -0.39 is 0 Å². The summed E-state index contributed by atoms with van der Waals surface area (Å²) in [7, 11) is 0. The number of aromatic amines is 1.